The molecule has 160 valence electrons. The van der Waals surface area contributed by atoms with Crippen LogP contribution >= 0.6 is 11.8 Å². The molecule has 0 aliphatic rings. The van der Waals surface area contributed by atoms with E-state index >= 15 is 0 Å². The van der Waals surface area contributed by atoms with Crippen LogP contribution in [-0.2, 0) is 24.0 Å². The predicted octanol–water partition coefficient (Wildman–Crippen LogP) is -2.91. The summed E-state index contributed by atoms with van der Waals surface area (Å²) >= 11 is 1.40. The van der Waals surface area contributed by atoms with E-state index in [0.29, 0.717) is 5.75 Å². The summed E-state index contributed by atoms with van der Waals surface area (Å²) in [5.74, 6) is -4.99. The van der Waals surface area contributed by atoms with Crippen LogP contribution in [0.1, 0.15) is 19.8 Å². The molecule has 0 saturated carbocycles. The zero-order valence-corrected chi connectivity index (χ0v) is 16.3. The lowest BCUT2D eigenvalue weighted by molar-refractivity contribution is -0.146. The van der Waals surface area contributed by atoms with E-state index in [4.69, 9.17) is 15.9 Å². The number of nitrogens with one attached hydrogen (secondary N) is 3. The first kappa shape index (κ1) is 25.6. The maximum absolute atomic E-state index is 12.4. The number of rotatable bonds is 13. The average Bonchev–Trinajstić information content (AvgIpc) is 2.60. The van der Waals surface area contributed by atoms with Crippen molar-refractivity contribution < 1.29 is 39.3 Å². The number of carbonyl (C=O) groups is 5. The second-order valence-corrected chi connectivity index (χ2v) is 6.82. The van der Waals surface area contributed by atoms with E-state index in [1.54, 1.807) is 6.26 Å². The highest BCUT2D eigenvalue weighted by Gasteiger charge is 2.32. The van der Waals surface area contributed by atoms with Crippen LogP contribution in [0.5, 0.6) is 0 Å². The van der Waals surface area contributed by atoms with Crippen molar-refractivity contribution in [2.45, 2.75) is 44.0 Å². The maximum Gasteiger partial charge on any atom is 0.328 e. The first-order chi connectivity index (χ1) is 13.0. The molecule has 0 fully saturated rings. The van der Waals surface area contributed by atoms with Crippen molar-refractivity contribution >= 4 is 41.4 Å². The first-order valence-corrected chi connectivity index (χ1v) is 9.64. The maximum atomic E-state index is 12.4. The summed E-state index contributed by atoms with van der Waals surface area (Å²) in [6.07, 6.45) is -0.307. The monoisotopic (exact) mass is 422 g/mol. The van der Waals surface area contributed by atoms with Gasteiger partial charge in [0.15, 0.2) is 6.04 Å². The third-order valence-electron chi connectivity index (χ3n) is 3.51. The highest BCUT2D eigenvalue weighted by Crippen LogP contribution is 2.04. The molecule has 8 N–H and O–H groups in total. The van der Waals surface area contributed by atoms with Gasteiger partial charge in [0, 0.05) is 0 Å². The molecule has 0 spiro atoms. The molecule has 0 rings (SSSR count). The Hall–Kier alpha value is -2.38. The quantitative estimate of drug-likeness (QED) is 0.161. The van der Waals surface area contributed by atoms with Gasteiger partial charge in [-0.15, -0.1) is 0 Å². The van der Waals surface area contributed by atoms with Crippen molar-refractivity contribution in [2.24, 2.45) is 5.73 Å². The summed E-state index contributed by atoms with van der Waals surface area (Å²) in [5, 5.41) is 34.0. The van der Waals surface area contributed by atoms with Crippen LogP contribution < -0.4 is 21.7 Å². The fourth-order valence-corrected chi connectivity index (χ4v) is 2.53. The van der Waals surface area contributed by atoms with Gasteiger partial charge in [-0.25, -0.2) is 4.79 Å². The van der Waals surface area contributed by atoms with Gasteiger partial charge in [0.25, 0.3) is 0 Å². The van der Waals surface area contributed by atoms with E-state index in [1.807, 2.05) is 5.32 Å². The van der Waals surface area contributed by atoms with Crippen molar-refractivity contribution in [1.29, 1.82) is 0 Å². The van der Waals surface area contributed by atoms with E-state index in [2.05, 4.69) is 10.6 Å². The third kappa shape index (κ3) is 9.53. The number of hydrogen-bond acceptors (Lipinski definition) is 8. The van der Waals surface area contributed by atoms with Gasteiger partial charge < -0.3 is 37.0 Å². The zero-order valence-electron chi connectivity index (χ0n) is 15.5. The Morgan fingerprint density at radius 2 is 1.57 bits per heavy atom. The molecular weight excluding hydrogens is 396 g/mol. The van der Waals surface area contributed by atoms with E-state index < -0.39 is 60.3 Å². The molecule has 0 heterocycles. The molecule has 13 heteroatoms. The van der Waals surface area contributed by atoms with Crippen molar-refractivity contribution in [2.75, 3.05) is 18.6 Å². The van der Waals surface area contributed by atoms with E-state index in [-0.39, 0.29) is 13.0 Å². The zero-order chi connectivity index (χ0) is 21.9. The van der Waals surface area contributed by atoms with Crippen LogP contribution in [0, 0.1) is 0 Å². The number of thioether (sulfide) groups is 1. The second-order valence-electron chi connectivity index (χ2n) is 5.83. The minimum atomic E-state index is -1.69. The smallest absolute Gasteiger partial charge is 0.328 e. The van der Waals surface area contributed by atoms with Crippen molar-refractivity contribution in [3.63, 3.8) is 0 Å². The molecule has 0 aromatic heterocycles. The van der Waals surface area contributed by atoms with Gasteiger partial charge in [0.2, 0.25) is 17.7 Å². The fourth-order valence-electron chi connectivity index (χ4n) is 2.06. The van der Waals surface area contributed by atoms with Crippen LogP contribution in [0.3, 0.4) is 0 Å². The molecule has 0 bridgehead atoms. The van der Waals surface area contributed by atoms with Crippen LogP contribution in [0.15, 0.2) is 0 Å². The molecule has 4 unspecified atom stereocenters. The summed E-state index contributed by atoms with van der Waals surface area (Å²) in [6.45, 7) is 0.765. The molecule has 3 amide bonds. The van der Waals surface area contributed by atoms with Crippen LogP contribution in [0.2, 0.25) is 0 Å². The molecule has 0 radical (unpaired) electrons. The number of aliphatic carboxylic acids is 2. The lowest BCUT2D eigenvalue weighted by Crippen LogP contribution is -2.58. The van der Waals surface area contributed by atoms with Crippen LogP contribution in [-0.4, -0.2) is 87.8 Å². The number of hydrogen-bond donors (Lipinski definition) is 7. The Kier molecular flexibility index (Phi) is 11.8. The fraction of sp³-hybridized carbons (Fsp3) is 0.667. The number of aliphatic hydroxyl groups excluding tert-OH is 1. The Labute approximate surface area is 165 Å². The molecular formula is C15H26N4O8S. The molecule has 0 aliphatic heterocycles. The van der Waals surface area contributed by atoms with Gasteiger partial charge in [-0.3, -0.25) is 19.2 Å². The molecule has 0 saturated heterocycles. The van der Waals surface area contributed by atoms with Crippen molar-refractivity contribution in [3.05, 3.63) is 0 Å². The van der Waals surface area contributed by atoms with Gasteiger partial charge in [-0.1, -0.05) is 0 Å². The Balaban J connectivity index is 5.32. The molecule has 0 aromatic carbocycles. The molecule has 28 heavy (non-hydrogen) atoms. The summed E-state index contributed by atoms with van der Waals surface area (Å²) in [4.78, 5) is 58.3. The lowest BCUT2D eigenvalue weighted by atomic mass is 10.1. The number of nitrogens with two attached hydrogens (primary N) is 1. The largest absolute Gasteiger partial charge is 0.481 e. The molecule has 0 aromatic rings. The predicted molar refractivity (Wildman–Crippen MR) is 99.4 cm³/mol. The number of carboxylic acid groups (broad SMARTS) is 2. The highest BCUT2D eigenvalue weighted by molar-refractivity contribution is 7.98. The Morgan fingerprint density at radius 1 is 1.00 bits per heavy atom. The number of carbonyl (C=O) groups excluding carboxylic acids is 3. The van der Waals surface area contributed by atoms with Crippen LogP contribution in [0.4, 0.5) is 0 Å². The van der Waals surface area contributed by atoms with E-state index in [0.717, 1.165) is 6.92 Å². The molecule has 4 atom stereocenters. The summed E-state index contributed by atoms with van der Waals surface area (Å²) in [7, 11) is 0. The van der Waals surface area contributed by atoms with Crippen LogP contribution in [0.25, 0.3) is 0 Å². The lowest BCUT2D eigenvalue weighted by Gasteiger charge is -2.24. The van der Waals surface area contributed by atoms with E-state index in [9.17, 15) is 29.1 Å². The van der Waals surface area contributed by atoms with Gasteiger partial charge in [-0.2, -0.15) is 11.8 Å². The van der Waals surface area contributed by atoms with Gasteiger partial charge in [0.1, 0.15) is 12.1 Å². The normalized spacial score (nSPS) is 14.9. The number of aliphatic hydroxyl groups is 1. The van der Waals surface area contributed by atoms with E-state index in [1.165, 1.54) is 11.8 Å². The van der Waals surface area contributed by atoms with Gasteiger partial charge in [0.05, 0.1) is 19.1 Å². The topological polar surface area (TPSA) is 208 Å². The average molecular weight is 422 g/mol. The number of carboxylic acids is 2. The van der Waals surface area contributed by atoms with Gasteiger partial charge in [-0.05, 0) is 25.4 Å². The second kappa shape index (κ2) is 12.9. The number of amides is 3. The SMILES string of the molecule is CSCCC(NC(=O)CN)C(=O)NC(CC(=O)O)C(=O)NC(C(=O)O)C(C)O. The first-order valence-electron chi connectivity index (χ1n) is 8.25. The standard InChI is InChI=1S/C15H26N4O8S/c1-7(20)12(15(26)27)19-14(25)9(5-11(22)23)18-13(24)8(3-4-28-2)17-10(21)6-16/h7-9,12,20H,3-6,16H2,1-2H3,(H,17,21)(H,18,24)(H,19,25)(H,22,23)(H,26,27). The molecule has 0 aliphatic carbocycles. The minimum absolute atomic E-state index is 0.200. The van der Waals surface area contributed by atoms with Crippen molar-refractivity contribution in [3.8, 4) is 0 Å². The molecule has 12 nitrogen and oxygen atoms in total. The summed E-state index contributed by atoms with van der Waals surface area (Å²) in [6, 6.07) is -4.36. The Morgan fingerprint density at radius 3 is 2.00 bits per heavy atom. The third-order valence-corrected chi connectivity index (χ3v) is 4.15. The summed E-state index contributed by atoms with van der Waals surface area (Å²) in [5.41, 5.74) is 5.21. The van der Waals surface area contributed by atoms with Crippen molar-refractivity contribution in [1.82, 2.24) is 16.0 Å². The highest BCUT2D eigenvalue weighted by atomic mass is 32.2. The van der Waals surface area contributed by atoms with Gasteiger partial charge >= 0.3 is 11.9 Å². The Bertz CT molecular complexity index is 586. The minimum Gasteiger partial charge on any atom is -0.481 e. The summed E-state index contributed by atoms with van der Waals surface area (Å²) < 4.78 is 0.